The van der Waals surface area contributed by atoms with Crippen LogP contribution in [0.15, 0.2) is 58.7 Å². The summed E-state index contributed by atoms with van der Waals surface area (Å²) in [5.74, 6) is 0.221. The highest BCUT2D eigenvalue weighted by molar-refractivity contribution is 5.81. The molecule has 2 rings (SSSR count). The summed E-state index contributed by atoms with van der Waals surface area (Å²) in [5.41, 5.74) is 12.2. The number of halogens is 1. The molecule has 0 saturated heterocycles. The number of hydrogen-bond donors (Lipinski definition) is 2. The molecule has 0 radical (unpaired) electrons. The molecule has 6 heteroatoms. The highest BCUT2D eigenvalue weighted by Gasteiger charge is 1.98. The van der Waals surface area contributed by atoms with E-state index in [1.54, 1.807) is 18.3 Å². The van der Waals surface area contributed by atoms with Crippen LogP contribution in [0, 0.1) is 5.82 Å². The molecule has 0 aliphatic rings. The van der Waals surface area contributed by atoms with Crippen LogP contribution >= 0.6 is 0 Å². The van der Waals surface area contributed by atoms with Crippen molar-refractivity contribution in [3.8, 4) is 5.75 Å². The largest absolute Gasteiger partial charge is 0.489 e. The maximum atomic E-state index is 12.8. The minimum atomic E-state index is -0.291. The molecule has 0 bridgehead atoms. The van der Waals surface area contributed by atoms with Gasteiger partial charge in [-0.05, 0) is 41.5 Å². The van der Waals surface area contributed by atoms with E-state index in [0.29, 0.717) is 12.4 Å². The molecule has 0 aromatic heterocycles. The summed E-state index contributed by atoms with van der Waals surface area (Å²) in [4.78, 5) is 0. The Hall–Kier alpha value is -2.89. The monoisotopic (exact) mass is 286 g/mol. The van der Waals surface area contributed by atoms with Gasteiger partial charge in [0, 0.05) is 0 Å². The second-order valence-corrected chi connectivity index (χ2v) is 4.26. The van der Waals surface area contributed by atoms with Crippen LogP contribution in [0.5, 0.6) is 5.75 Å². The summed E-state index contributed by atoms with van der Waals surface area (Å²) < 4.78 is 18.3. The number of benzene rings is 2. The zero-order chi connectivity index (χ0) is 15.1. The number of guanidine groups is 1. The van der Waals surface area contributed by atoms with Crippen molar-refractivity contribution in [3.63, 3.8) is 0 Å². The molecule has 0 unspecified atom stereocenters. The highest BCUT2D eigenvalue weighted by Crippen LogP contribution is 2.13. The van der Waals surface area contributed by atoms with Gasteiger partial charge in [0.15, 0.2) is 0 Å². The molecule has 0 spiro atoms. The number of ether oxygens (including phenoxy) is 1. The van der Waals surface area contributed by atoms with Crippen LogP contribution in [0.25, 0.3) is 0 Å². The van der Waals surface area contributed by atoms with Crippen LogP contribution in [-0.2, 0) is 6.61 Å². The van der Waals surface area contributed by atoms with Crippen molar-refractivity contribution in [2.75, 3.05) is 0 Å². The van der Waals surface area contributed by atoms with E-state index in [2.05, 4.69) is 10.2 Å². The third-order valence-electron chi connectivity index (χ3n) is 2.55. The van der Waals surface area contributed by atoms with Crippen LogP contribution in [0.4, 0.5) is 4.39 Å². The second kappa shape index (κ2) is 7.04. The molecule has 0 saturated carbocycles. The lowest BCUT2D eigenvalue weighted by Gasteiger charge is -2.06. The van der Waals surface area contributed by atoms with Gasteiger partial charge in [0.25, 0.3) is 0 Å². The van der Waals surface area contributed by atoms with Gasteiger partial charge >= 0.3 is 0 Å². The SMILES string of the molecule is NC(N)=NN=Cc1cccc(COc2ccc(F)cc2)c1. The Labute approximate surface area is 121 Å². The fraction of sp³-hybridized carbons (Fsp3) is 0.0667. The topological polar surface area (TPSA) is 86.0 Å². The van der Waals surface area contributed by atoms with Gasteiger partial charge in [0.05, 0.1) is 6.21 Å². The standard InChI is InChI=1S/C15H15FN4O/c16-13-4-6-14(7-5-13)21-10-12-3-1-2-11(8-12)9-19-20-15(17)18/h1-9H,10H2,(H4,17,18,20). The van der Waals surface area contributed by atoms with E-state index in [9.17, 15) is 4.39 Å². The molecule has 5 nitrogen and oxygen atoms in total. The van der Waals surface area contributed by atoms with E-state index in [-0.39, 0.29) is 11.8 Å². The minimum Gasteiger partial charge on any atom is -0.489 e. The maximum Gasteiger partial charge on any atom is 0.211 e. The smallest absolute Gasteiger partial charge is 0.211 e. The molecule has 0 amide bonds. The summed E-state index contributed by atoms with van der Waals surface area (Å²) in [7, 11) is 0. The van der Waals surface area contributed by atoms with Crippen LogP contribution < -0.4 is 16.2 Å². The lowest BCUT2D eigenvalue weighted by Crippen LogP contribution is -2.21. The quantitative estimate of drug-likeness (QED) is 0.501. The van der Waals surface area contributed by atoms with Crippen molar-refractivity contribution in [2.45, 2.75) is 6.61 Å². The number of hydrogen-bond acceptors (Lipinski definition) is 3. The predicted octanol–water partition coefficient (Wildman–Crippen LogP) is 2.01. The molecule has 4 N–H and O–H groups in total. The Kier molecular flexibility index (Phi) is 4.87. The first kappa shape index (κ1) is 14.5. The summed E-state index contributed by atoms with van der Waals surface area (Å²) >= 11 is 0. The van der Waals surface area contributed by atoms with E-state index >= 15 is 0 Å². The van der Waals surface area contributed by atoms with Crippen LogP contribution in [0.2, 0.25) is 0 Å². The van der Waals surface area contributed by atoms with Gasteiger partial charge in [-0.25, -0.2) is 4.39 Å². The molecule has 21 heavy (non-hydrogen) atoms. The van der Waals surface area contributed by atoms with E-state index in [0.717, 1.165) is 11.1 Å². The fourth-order valence-corrected chi connectivity index (χ4v) is 1.62. The van der Waals surface area contributed by atoms with E-state index in [4.69, 9.17) is 16.2 Å². The van der Waals surface area contributed by atoms with Gasteiger partial charge in [-0.3, -0.25) is 0 Å². The zero-order valence-electron chi connectivity index (χ0n) is 11.2. The summed E-state index contributed by atoms with van der Waals surface area (Å²) in [6, 6.07) is 13.4. The third kappa shape index (κ3) is 4.94. The molecule has 108 valence electrons. The normalized spacial score (nSPS) is 10.5. The Morgan fingerprint density at radius 2 is 1.90 bits per heavy atom. The first-order chi connectivity index (χ1) is 10.1. The molecule has 2 aromatic carbocycles. The van der Waals surface area contributed by atoms with Gasteiger partial charge in [-0.2, -0.15) is 5.10 Å². The Morgan fingerprint density at radius 1 is 1.14 bits per heavy atom. The molecular formula is C15H15FN4O. The van der Waals surface area contributed by atoms with Crippen molar-refractivity contribution in [2.24, 2.45) is 21.7 Å². The van der Waals surface area contributed by atoms with Gasteiger partial charge in [0.1, 0.15) is 18.2 Å². The van der Waals surface area contributed by atoms with Crippen molar-refractivity contribution in [1.82, 2.24) is 0 Å². The molecule has 0 heterocycles. The third-order valence-corrected chi connectivity index (χ3v) is 2.55. The summed E-state index contributed by atoms with van der Waals surface area (Å²) in [6.45, 7) is 0.371. The van der Waals surface area contributed by atoms with Gasteiger partial charge < -0.3 is 16.2 Å². The Morgan fingerprint density at radius 3 is 2.62 bits per heavy atom. The Bertz CT molecular complexity index is 649. The van der Waals surface area contributed by atoms with Crippen molar-refractivity contribution >= 4 is 12.2 Å². The predicted molar refractivity (Wildman–Crippen MR) is 80.6 cm³/mol. The summed E-state index contributed by atoms with van der Waals surface area (Å²) in [5, 5.41) is 7.27. The number of nitrogens with zero attached hydrogens (tertiary/aromatic N) is 2. The molecule has 0 aliphatic carbocycles. The van der Waals surface area contributed by atoms with E-state index in [1.807, 2.05) is 24.3 Å². The number of nitrogens with two attached hydrogens (primary N) is 2. The molecule has 0 aliphatic heterocycles. The first-order valence-electron chi connectivity index (χ1n) is 6.23. The van der Waals surface area contributed by atoms with E-state index < -0.39 is 0 Å². The Balaban J connectivity index is 1.99. The average Bonchev–Trinajstić information content (AvgIpc) is 2.47. The molecular weight excluding hydrogens is 271 g/mol. The molecule has 0 atom stereocenters. The van der Waals surface area contributed by atoms with Crippen LogP contribution in [0.3, 0.4) is 0 Å². The number of rotatable bonds is 5. The average molecular weight is 286 g/mol. The van der Waals surface area contributed by atoms with Gasteiger partial charge in [0.2, 0.25) is 5.96 Å². The fourth-order valence-electron chi connectivity index (χ4n) is 1.62. The van der Waals surface area contributed by atoms with Crippen molar-refractivity contribution in [3.05, 3.63) is 65.5 Å². The summed E-state index contributed by atoms with van der Waals surface area (Å²) in [6.07, 6.45) is 1.54. The molecule has 0 fully saturated rings. The molecule has 2 aromatic rings. The lowest BCUT2D eigenvalue weighted by molar-refractivity contribution is 0.305. The van der Waals surface area contributed by atoms with Crippen molar-refractivity contribution < 1.29 is 9.13 Å². The van der Waals surface area contributed by atoms with E-state index in [1.165, 1.54) is 12.1 Å². The maximum absolute atomic E-state index is 12.8. The van der Waals surface area contributed by atoms with Crippen LogP contribution in [-0.4, -0.2) is 12.2 Å². The highest BCUT2D eigenvalue weighted by atomic mass is 19.1. The van der Waals surface area contributed by atoms with Gasteiger partial charge in [-0.15, -0.1) is 5.10 Å². The van der Waals surface area contributed by atoms with Gasteiger partial charge in [-0.1, -0.05) is 18.2 Å². The lowest BCUT2D eigenvalue weighted by atomic mass is 10.1. The minimum absolute atomic E-state index is 0.0953. The first-order valence-corrected chi connectivity index (χ1v) is 6.23. The van der Waals surface area contributed by atoms with Crippen LogP contribution in [0.1, 0.15) is 11.1 Å². The van der Waals surface area contributed by atoms with Crippen molar-refractivity contribution in [1.29, 1.82) is 0 Å². The second-order valence-electron chi connectivity index (χ2n) is 4.26. The zero-order valence-corrected chi connectivity index (χ0v) is 11.2.